The molecular weight excluding hydrogens is 345 g/mol. The summed E-state index contributed by atoms with van der Waals surface area (Å²) in [5.41, 5.74) is 1.77. The number of thiophene rings is 1. The normalized spacial score (nSPS) is 12.3. The van der Waals surface area contributed by atoms with Gasteiger partial charge >= 0.3 is 0 Å². The molecule has 0 saturated carbocycles. The van der Waals surface area contributed by atoms with E-state index in [9.17, 15) is 9.18 Å². The van der Waals surface area contributed by atoms with Crippen molar-refractivity contribution in [3.8, 4) is 10.4 Å². The number of halogens is 1. The predicted molar refractivity (Wildman–Crippen MR) is 96.8 cm³/mol. The number of benzene rings is 1. The largest absolute Gasteiger partial charge is 0.348 e. The highest BCUT2D eigenvalue weighted by atomic mass is 32.2. The number of rotatable bonds is 4. The lowest BCUT2D eigenvalue weighted by Gasteiger charge is -2.15. The van der Waals surface area contributed by atoms with Crippen LogP contribution in [-0.4, -0.2) is 40.1 Å². The molecule has 0 saturated heterocycles. The van der Waals surface area contributed by atoms with Gasteiger partial charge in [0, 0.05) is 19.0 Å². The van der Waals surface area contributed by atoms with Crippen molar-refractivity contribution in [1.29, 1.82) is 0 Å². The summed E-state index contributed by atoms with van der Waals surface area (Å²) < 4.78 is 14.0. The van der Waals surface area contributed by atoms with Crippen LogP contribution in [0, 0.1) is 5.82 Å². The lowest BCUT2D eigenvalue weighted by Crippen LogP contribution is -2.29. The second-order valence-corrected chi connectivity index (χ2v) is 7.89. The first-order valence-corrected chi connectivity index (χ1v) is 9.03. The molecule has 4 nitrogen and oxygen atoms in total. The number of hydrogen-bond acceptors (Lipinski definition) is 5. The first-order chi connectivity index (χ1) is 11.5. The highest BCUT2D eigenvalue weighted by Crippen LogP contribution is 2.38. The van der Waals surface area contributed by atoms with Crippen molar-refractivity contribution < 1.29 is 9.18 Å². The maximum absolute atomic E-state index is 13.1. The average Bonchev–Trinajstić information content (AvgIpc) is 2.99. The van der Waals surface area contributed by atoms with Gasteiger partial charge < -0.3 is 4.90 Å². The van der Waals surface area contributed by atoms with Gasteiger partial charge in [-0.3, -0.25) is 4.79 Å². The lowest BCUT2D eigenvalue weighted by molar-refractivity contribution is -0.127. The zero-order valence-electron chi connectivity index (χ0n) is 13.5. The summed E-state index contributed by atoms with van der Waals surface area (Å²) in [6.07, 6.45) is 1.51. The molecule has 3 rings (SSSR count). The maximum Gasteiger partial charge on any atom is 0.235 e. The quantitative estimate of drug-likeness (QED) is 0.519. The van der Waals surface area contributed by atoms with Crippen molar-refractivity contribution >= 4 is 39.2 Å². The van der Waals surface area contributed by atoms with Gasteiger partial charge in [0.2, 0.25) is 5.91 Å². The Morgan fingerprint density at radius 3 is 2.62 bits per heavy atom. The Balaban J connectivity index is 1.95. The smallest absolute Gasteiger partial charge is 0.235 e. The molecular formula is C17H16FN3OS2. The van der Waals surface area contributed by atoms with Gasteiger partial charge in [0.1, 0.15) is 17.2 Å². The predicted octanol–water partition coefficient (Wildman–Crippen LogP) is 4.07. The van der Waals surface area contributed by atoms with E-state index >= 15 is 0 Å². The highest BCUT2D eigenvalue weighted by Gasteiger charge is 2.19. The van der Waals surface area contributed by atoms with Crippen LogP contribution in [-0.2, 0) is 4.79 Å². The van der Waals surface area contributed by atoms with Gasteiger partial charge in [-0.25, -0.2) is 14.4 Å². The van der Waals surface area contributed by atoms with Crippen LogP contribution in [0.2, 0.25) is 0 Å². The van der Waals surface area contributed by atoms with Crippen LogP contribution in [0.25, 0.3) is 20.7 Å². The molecule has 0 aliphatic carbocycles. The van der Waals surface area contributed by atoms with Crippen LogP contribution >= 0.6 is 23.1 Å². The SMILES string of the molecule is C[C@@H](Sc1ncnc2cc(-c3ccc(F)cc3)sc12)C(=O)N(C)C. The Hall–Kier alpha value is -1.99. The molecule has 0 unspecified atom stereocenters. The van der Waals surface area contributed by atoms with Gasteiger partial charge in [-0.2, -0.15) is 0 Å². The van der Waals surface area contributed by atoms with Crippen LogP contribution in [0.1, 0.15) is 6.92 Å². The van der Waals surface area contributed by atoms with Gasteiger partial charge in [-0.15, -0.1) is 11.3 Å². The summed E-state index contributed by atoms with van der Waals surface area (Å²) in [5.74, 6) is -0.214. The van der Waals surface area contributed by atoms with E-state index in [1.165, 1.54) is 30.2 Å². The third kappa shape index (κ3) is 3.42. The molecule has 0 fully saturated rings. The molecule has 0 spiro atoms. The molecule has 2 heterocycles. The number of carbonyl (C=O) groups excluding carboxylic acids is 1. The summed E-state index contributed by atoms with van der Waals surface area (Å²) in [5, 5.41) is 0.565. The summed E-state index contributed by atoms with van der Waals surface area (Å²) in [7, 11) is 3.49. The second-order valence-electron chi connectivity index (χ2n) is 5.50. The average molecular weight is 361 g/mol. The first kappa shape index (κ1) is 16.9. The van der Waals surface area contributed by atoms with E-state index in [0.29, 0.717) is 0 Å². The van der Waals surface area contributed by atoms with Crippen molar-refractivity contribution in [1.82, 2.24) is 14.9 Å². The van der Waals surface area contributed by atoms with Gasteiger partial charge in [0.25, 0.3) is 0 Å². The number of fused-ring (bicyclic) bond motifs is 1. The van der Waals surface area contributed by atoms with E-state index in [1.807, 2.05) is 13.0 Å². The monoisotopic (exact) mass is 361 g/mol. The minimum atomic E-state index is -0.257. The van der Waals surface area contributed by atoms with Crippen molar-refractivity contribution in [2.75, 3.05) is 14.1 Å². The number of carbonyl (C=O) groups is 1. The van der Waals surface area contributed by atoms with Crippen molar-refractivity contribution in [3.63, 3.8) is 0 Å². The van der Waals surface area contributed by atoms with Crippen molar-refractivity contribution in [2.45, 2.75) is 17.2 Å². The molecule has 1 amide bonds. The maximum atomic E-state index is 13.1. The fraction of sp³-hybridized carbons (Fsp3) is 0.235. The zero-order chi connectivity index (χ0) is 17.3. The van der Waals surface area contributed by atoms with Gasteiger partial charge in [0.05, 0.1) is 15.5 Å². The van der Waals surface area contributed by atoms with E-state index in [1.54, 1.807) is 42.5 Å². The molecule has 0 radical (unpaired) electrons. The van der Waals surface area contributed by atoms with E-state index in [2.05, 4.69) is 9.97 Å². The van der Waals surface area contributed by atoms with Gasteiger partial charge in [0.15, 0.2) is 0 Å². The second kappa shape index (κ2) is 6.86. The third-order valence-electron chi connectivity index (χ3n) is 3.48. The zero-order valence-corrected chi connectivity index (χ0v) is 15.1. The number of amides is 1. The Bertz CT molecular complexity index is 877. The molecule has 0 N–H and O–H groups in total. The Morgan fingerprint density at radius 1 is 1.25 bits per heavy atom. The number of nitrogens with zero attached hydrogens (tertiary/aromatic N) is 3. The summed E-state index contributed by atoms with van der Waals surface area (Å²) in [4.78, 5) is 23.3. The fourth-order valence-corrected chi connectivity index (χ4v) is 4.49. The molecule has 124 valence electrons. The molecule has 0 aliphatic rings. The molecule has 2 aromatic heterocycles. The number of aromatic nitrogens is 2. The first-order valence-electron chi connectivity index (χ1n) is 7.34. The van der Waals surface area contributed by atoms with Crippen LogP contribution in [0.3, 0.4) is 0 Å². The molecule has 1 atom stereocenters. The topological polar surface area (TPSA) is 46.1 Å². The summed E-state index contributed by atoms with van der Waals surface area (Å²) in [6, 6.07) is 8.35. The summed E-state index contributed by atoms with van der Waals surface area (Å²) >= 11 is 2.98. The van der Waals surface area contributed by atoms with Crippen LogP contribution < -0.4 is 0 Å². The summed E-state index contributed by atoms with van der Waals surface area (Å²) in [6.45, 7) is 1.87. The van der Waals surface area contributed by atoms with Crippen LogP contribution in [0.5, 0.6) is 0 Å². The highest BCUT2D eigenvalue weighted by molar-refractivity contribution is 8.00. The lowest BCUT2D eigenvalue weighted by atomic mass is 10.2. The van der Waals surface area contributed by atoms with Crippen molar-refractivity contribution in [3.05, 3.63) is 42.5 Å². The van der Waals surface area contributed by atoms with Gasteiger partial charge in [-0.05, 0) is 30.7 Å². The molecule has 24 heavy (non-hydrogen) atoms. The minimum absolute atomic E-state index is 0.0436. The Morgan fingerprint density at radius 2 is 1.96 bits per heavy atom. The van der Waals surface area contributed by atoms with Gasteiger partial charge in [-0.1, -0.05) is 23.9 Å². The molecule has 0 bridgehead atoms. The third-order valence-corrected chi connectivity index (χ3v) is 5.88. The minimum Gasteiger partial charge on any atom is -0.348 e. The Kier molecular flexibility index (Phi) is 4.82. The molecule has 3 aromatic rings. The fourth-order valence-electron chi connectivity index (χ4n) is 2.25. The van der Waals surface area contributed by atoms with Crippen LogP contribution in [0.4, 0.5) is 4.39 Å². The van der Waals surface area contributed by atoms with E-state index in [-0.39, 0.29) is 17.0 Å². The van der Waals surface area contributed by atoms with Crippen LogP contribution in [0.15, 0.2) is 41.7 Å². The molecule has 0 aliphatic heterocycles. The van der Waals surface area contributed by atoms with E-state index in [4.69, 9.17) is 0 Å². The molecule has 7 heteroatoms. The number of hydrogen-bond donors (Lipinski definition) is 0. The molecule has 1 aromatic carbocycles. The van der Waals surface area contributed by atoms with E-state index < -0.39 is 0 Å². The number of thioether (sulfide) groups is 1. The van der Waals surface area contributed by atoms with Crippen molar-refractivity contribution in [2.24, 2.45) is 0 Å². The van der Waals surface area contributed by atoms with E-state index in [0.717, 1.165) is 25.7 Å². The standard InChI is InChI=1S/C17H16FN3OS2/c1-10(17(22)21(2)3)23-16-15-13(19-9-20-16)8-14(24-15)11-4-6-12(18)7-5-11/h4-10H,1-3H3/t10-/m1/s1. The Labute approximate surface area is 147 Å².